The van der Waals surface area contributed by atoms with Crippen molar-refractivity contribution in [3.8, 4) is 11.8 Å². The number of rotatable bonds is 2. The van der Waals surface area contributed by atoms with Crippen LogP contribution < -0.4 is 9.80 Å². The molecule has 0 bridgehead atoms. The van der Waals surface area contributed by atoms with Crippen LogP contribution in [0.25, 0.3) is 0 Å². The van der Waals surface area contributed by atoms with Crippen LogP contribution in [0.2, 0.25) is 0 Å². The smallest absolute Gasteiger partial charge is 0.435 e. The Morgan fingerprint density at radius 2 is 1.69 bits per heavy atom. The summed E-state index contributed by atoms with van der Waals surface area (Å²) in [6, 6.07) is 10.7. The maximum absolute atomic E-state index is 13.7. The van der Waals surface area contributed by atoms with E-state index < -0.39 is 34.5 Å². The van der Waals surface area contributed by atoms with E-state index in [0.29, 0.717) is 5.69 Å². The van der Waals surface area contributed by atoms with E-state index >= 15 is 0 Å². The zero-order valence-electron chi connectivity index (χ0n) is 19.6. The number of anilines is 2. The Labute approximate surface area is 206 Å². The van der Waals surface area contributed by atoms with E-state index in [0.717, 1.165) is 12.1 Å². The van der Waals surface area contributed by atoms with Crippen LogP contribution in [-0.2, 0) is 10.9 Å². The van der Waals surface area contributed by atoms with Crippen LogP contribution in [0.3, 0.4) is 0 Å². The van der Waals surface area contributed by atoms with E-state index in [1.54, 1.807) is 57.7 Å². The summed E-state index contributed by atoms with van der Waals surface area (Å²) in [6.07, 6.45) is -5.73. The number of halogens is 3. The Kier molecular flexibility index (Phi) is 6.57. The van der Waals surface area contributed by atoms with Gasteiger partial charge in [-0.25, -0.2) is 4.79 Å². The van der Waals surface area contributed by atoms with Crippen LogP contribution in [0, 0.1) is 11.3 Å². The summed E-state index contributed by atoms with van der Waals surface area (Å²) >= 11 is 5.66. The van der Waals surface area contributed by atoms with Crippen LogP contribution in [0.5, 0.6) is 5.75 Å². The summed E-state index contributed by atoms with van der Waals surface area (Å²) in [7, 11) is 0. The number of amides is 1. The number of alkyl halides is 3. The van der Waals surface area contributed by atoms with Crippen LogP contribution >= 0.6 is 12.2 Å². The standard InChI is InChI=1S/C24H23F3N4O3S/c1-22(2,3)34-20(33)29-19-23(4,5)31(15-8-10-17(32)11-9-15)21(35)30(19)16-7-6-14(13-28)18(12-16)24(25,26)27/h6-12,32H,1-5H3/b29-19+. The van der Waals surface area contributed by atoms with E-state index in [1.807, 2.05) is 0 Å². The minimum atomic E-state index is -4.79. The van der Waals surface area contributed by atoms with Gasteiger partial charge in [0.2, 0.25) is 0 Å². The van der Waals surface area contributed by atoms with E-state index in [9.17, 15) is 23.1 Å². The molecule has 0 atom stereocenters. The minimum Gasteiger partial charge on any atom is -0.508 e. The highest BCUT2D eigenvalue weighted by atomic mass is 32.1. The summed E-state index contributed by atoms with van der Waals surface area (Å²) in [5, 5.41) is 18.9. The van der Waals surface area contributed by atoms with E-state index in [4.69, 9.17) is 22.2 Å². The summed E-state index contributed by atoms with van der Waals surface area (Å²) in [4.78, 5) is 19.6. The van der Waals surface area contributed by atoms with Gasteiger partial charge in [0, 0.05) is 5.69 Å². The normalized spacial score (nSPS) is 17.0. The summed E-state index contributed by atoms with van der Waals surface area (Å²) in [6.45, 7) is 8.37. The second kappa shape index (κ2) is 8.85. The molecule has 1 aliphatic heterocycles. The fraction of sp³-hybridized carbons (Fsp3) is 0.333. The third kappa shape index (κ3) is 5.22. The van der Waals surface area contributed by atoms with Crippen molar-refractivity contribution in [1.29, 1.82) is 5.26 Å². The number of phenols is 1. The predicted molar refractivity (Wildman–Crippen MR) is 130 cm³/mol. The molecule has 184 valence electrons. The largest absolute Gasteiger partial charge is 0.508 e. The molecule has 0 aromatic heterocycles. The third-order valence-corrected chi connectivity index (χ3v) is 5.45. The molecular formula is C24H23F3N4O3S. The van der Waals surface area contributed by atoms with Crippen molar-refractivity contribution >= 4 is 40.6 Å². The molecule has 2 aromatic rings. The van der Waals surface area contributed by atoms with E-state index in [2.05, 4.69) is 4.99 Å². The SMILES string of the molecule is CC(C)(C)OC(=O)/N=C1/N(c2ccc(C#N)c(C(F)(F)F)c2)C(=S)N(c2ccc(O)cc2)C1(C)C. The lowest BCUT2D eigenvalue weighted by molar-refractivity contribution is -0.137. The molecule has 0 aliphatic carbocycles. The van der Waals surface area contributed by atoms with Gasteiger partial charge < -0.3 is 14.7 Å². The molecule has 0 unspecified atom stereocenters. The molecule has 1 N–H and O–H groups in total. The molecule has 0 spiro atoms. The molecule has 7 nitrogen and oxygen atoms in total. The monoisotopic (exact) mass is 504 g/mol. The molecule has 0 radical (unpaired) electrons. The van der Waals surface area contributed by atoms with Crippen molar-refractivity contribution < 1.29 is 27.8 Å². The first-order valence-corrected chi connectivity index (χ1v) is 10.8. The molecule has 3 rings (SSSR count). The van der Waals surface area contributed by atoms with Crippen LogP contribution in [0.15, 0.2) is 47.5 Å². The number of nitriles is 1. The number of thiocarbonyl (C=S) groups is 1. The van der Waals surface area contributed by atoms with Crippen molar-refractivity contribution in [2.24, 2.45) is 4.99 Å². The number of aromatic hydroxyl groups is 1. The third-order valence-electron chi connectivity index (χ3n) is 5.09. The second-order valence-corrected chi connectivity index (χ2v) is 9.65. The lowest BCUT2D eigenvalue weighted by atomic mass is 10.0. The first kappa shape index (κ1) is 26.0. The number of benzene rings is 2. The average Bonchev–Trinajstić information content (AvgIpc) is 2.91. The van der Waals surface area contributed by atoms with Crippen molar-refractivity contribution in [2.45, 2.75) is 51.9 Å². The molecule has 2 aromatic carbocycles. The van der Waals surface area contributed by atoms with Gasteiger partial charge in [-0.15, -0.1) is 0 Å². The molecule has 1 saturated heterocycles. The zero-order chi connectivity index (χ0) is 26.3. The van der Waals surface area contributed by atoms with Crippen molar-refractivity contribution in [3.05, 3.63) is 53.6 Å². The van der Waals surface area contributed by atoms with Gasteiger partial charge in [-0.05, 0) is 89.3 Å². The average molecular weight is 505 g/mol. The van der Waals surface area contributed by atoms with Gasteiger partial charge in [0.15, 0.2) is 5.11 Å². The van der Waals surface area contributed by atoms with Gasteiger partial charge in [-0.2, -0.15) is 23.4 Å². The van der Waals surface area contributed by atoms with Gasteiger partial charge in [0.25, 0.3) is 0 Å². The van der Waals surface area contributed by atoms with Crippen molar-refractivity contribution in [2.75, 3.05) is 9.80 Å². The number of carbonyl (C=O) groups excluding carboxylic acids is 1. The van der Waals surface area contributed by atoms with Gasteiger partial charge >= 0.3 is 12.3 Å². The highest BCUT2D eigenvalue weighted by Crippen LogP contribution is 2.40. The van der Waals surface area contributed by atoms with Crippen LogP contribution in [-0.4, -0.2) is 33.3 Å². The molecule has 1 amide bonds. The Bertz CT molecular complexity index is 1240. The molecule has 0 saturated carbocycles. The van der Waals surface area contributed by atoms with Gasteiger partial charge in [0.05, 0.1) is 22.9 Å². The van der Waals surface area contributed by atoms with Gasteiger partial charge in [-0.1, -0.05) is 0 Å². The second-order valence-electron chi connectivity index (χ2n) is 9.28. The number of ether oxygens (including phenoxy) is 1. The number of hydrogen-bond acceptors (Lipinski definition) is 5. The number of hydrogen-bond donors (Lipinski definition) is 1. The highest BCUT2D eigenvalue weighted by Gasteiger charge is 2.49. The molecular weight excluding hydrogens is 481 g/mol. The van der Waals surface area contributed by atoms with Crippen molar-refractivity contribution in [3.63, 3.8) is 0 Å². The first-order chi connectivity index (χ1) is 16.1. The predicted octanol–water partition coefficient (Wildman–Crippen LogP) is 6.01. The molecule has 1 fully saturated rings. The molecule has 11 heteroatoms. The van der Waals surface area contributed by atoms with Gasteiger partial charge in [-0.3, -0.25) is 4.90 Å². The fourth-order valence-electron chi connectivity index (χ4n) is 3.63. The fourth-order valence-corrected chi connectivity index (χ4v) is 4.16. The summed E-state index contributed by atoms with van der Waals surface area (Å²) < 4.78 is 46.4. The summed E-state index contributed by atoms with van der Waals surface area (Å²) in [5.74, 6) is 0.0424. The number of aliphatic imine (C=N–C) groups is 1. The maximum Gasteiger partial charge on any atom is 0.435 e. The number of nitrogens with zero attached hydrogens (tertiary/aromatic N) is 4. The quantitative estimate of drug-likeness (QED) is 0.501. The van der Waals surface area contributed by atoms with E-state index in [-0.39, 0.29) is 22.4 Å². The maximum atomic E-state index is 13.7. The Morgan fingerprint density at radius 3 is 2.20 bits per heavy atom. The summed E-state index contributed by atoms with van der Waals surface area (Å²) in [5.41, 5.74) is -3.18. The number of carbonyl (C=O) groups is 1. The Balaban J connectivity index is 2.24. The number of phenolic OH excluding ortho intramolecular Hbond substituents is 1. The first-order valence-electron chi connectivity index (χ1n) is 10.4. The van der Waals surface area contributed by atoms with Gasteiger partial charge in [0.1, 0.15) is 22.7 Å². The topological polar surface area (TPSA) is 89.2 Å². The zero-order valence-corrected chi connectivity index (χ0v) is 20.5. The Morgan fingerprint density at radius 1 is 1.11 bits per heavy atom. The van der Waals surface area contributed by atoms with E-state index in [1.165, 1.54) is 23.1 Å². The molecule has 1 heterocycles. The number of amidine groups is 1. The lowest BCUT2D eigenvalue weighted by Gasteiger charge is -2.31. The van der Waals surface area contributed by atoms with Crippen LogP contribution in [0.1, 0.15) is 45.7 Å². The van der Waals surface area contributed by atoms with Crippen molar-refractivity contribution in [1.82, 2.24) is 0 Å². The minimum absolute atomic E-state index is 0.0121. The molecule has 35 heavy (non-hydrogen) atoms. The lowest BCUT2D eigenvalue weighted by Crippen LogP contribution is -2.45. The highest BCUT2D eigenvalue weighted by molar-refractivity contribution is 7.81. The van der Waals surface area contributed by atoms with Crippen LogP contribution in [0.4, 0.5) is 29.3 Å². The Hall–Kier alpha value is -3.65. The molecule has 1 aliphatic rings.